The summed E-state index contributed by atoms with van der Waals surface area (Å²) >= 11 is 0. The average Bonchev–Trinajstić information content (AvgIpc) is 2.19. The summed E-state index contributed by atoms with van der Waals surface area (Å²) in [6.07, 6.45) is 0.764. The van der Waals surface area contributed by atoms with Crippen molar-refractivity contribution in [2.45, 2.75) is 13.3 Å². The molecule has 0 aliphatic heterocycles. The molecule has 1 atom stereocenters. The van der Waals surface area contributed by atoms with Crippen LogP contribution in [0.3, 0.4) is 0 Å². The van der Waals surface area contributed by atoms with Gasteiger partial charge in [-0.25, -0.2) is 0 Å². The topological polar surface area (TPSA) is 46.5 Å². The molecule has 3 nitrogen and oxygen atoms in total. The first-order valence-corrected chi connectivity index (χ1v) is 6.46. The molecule has 0 radical (unpaired) electrons. The molecule has 0 aliphatic rings. The number of hydrogen-bond acceptors (Lipinski definition) is 2. The molecule has 0 fully saturated rings. The van der Waals surface area contributed by atoms with Crippen molar-refractivity contribution in [2.75, 3.05) is 13.0 Å². The van der Waals surface area contributed by atoms with Crippen LogP contribution < -0.4 is 5.30 Å². The first kappa shape index (κ1) is 11.4. The predicted molar refractivity (Wildman–Crippen MR) is 57.0 cm³/mol. The van der Waals surface area contributed by atoms with Crippen LogP contribution in [0.15, 0.2) is 30.3 Å². The van der Waals surface area contributed by atoms with Gasteiger partial charge in [-0.3, -0.25) is 4.57 Å². The van der Waals surface area contributed by atoms with Gasteiger partial charge in [0.15, 0.2) is 0 Å². The van der Waals surface area contributed by atoms with Gasteiger partial charge in [0.05, 0.1) is 0 Å². The van der Waals surface area contributed by atoms with Crippen LogP contribution in [0.2, 0.25) is 0 Å². The normalized spacial score (nSPS) is 15.0. The maximum absolute atomic E-state index is 11.7. The highest BCUT2D eigenvalue weighted by atomic mass is 31.2. The van der Waals surface area contributed by atoms with Crippen molar-refractivity contribution >= 4 is 12.7 Å². The number of ether oxygens (including phenoxy) is 1. The minimum absolute atomic E-state index is 0.0924. The van der Waals surface area contributed by atoms with Crippen molar-refractivity contribution < 1.29 is 14.2 Å². The van der Waals surface area contributed by atoms with E-state index in [-0.39, 0.29) is 6.35 Å². The van der Waals surface area contributed by atoms with Crippen molar-refractivity contribution in [3.63, 3.8) is 0 Å². The second-order valence-electron chi connectivity index (χ2n) is 3.07. The van der Waals surface area contributed by atoms with Crippen molar-refractivity contribution in [1.29, 1.82) is 0 Å². The second-order valence-corrected chi connectivity index (χ2v) is 5.25. The summed E-state index contributed by atoms with van der Waals surface area (Å²) in [5.74, 6) is 0. The Morgan fingerprint density at radius 2 is 2.00 bits per heavy atom. The highest BCUT2D eigenvalue weighted by Crippen LogP contribution is 2.38. The standard InChI is InChI=1S/C10H15O3P/c1-2-8-13-9-14(11,12)10-6-4-3-5-7-10/h3-7H,2,8-9H2,1H3,(H,11,12). The van der Waals surface area contributed by atoms with Gasteiger partial charge < -0.3 is 9.63 Å². The number of hydrogen-bond donors (Lipinski definition) is 1. The van der Waals surface area contributed by atoms with Crippen molar-refractivity contribution in [3.8, 4) is 0 Å². The Morgan fingerprint density at radius 1 is 1.36 bits per heavy atom. The molecule has 0 bridgehead atoms. The zero-order valence-electron chi connectivity index (χ0n) is 8.22. The SMILES string of the molecule is CCCOCP(=O)(O)c1ccccc1. The third kappa shape index (κ3) is 3.26. The Morgan fingerprint density at radius 3 is 2.57 bits per heavy atom. The summed E-state index contributed by atoms with van der Waals surface area (Å²) < 4.78 is 16.8. The van der Waals surface area contributed by atoms with Gasteiger partial charge in [0.1, 0.15) is 6.35 Å². The molecule has 1 unspecified atom stereocenters. The fourth-order valence-corrected chi connectivity index (χ4v) is 2.23. The first-order chi connectivity index (χ1) is 6.67. The van der Waals surface area contributed by atoms with Crippen LogP contribution in [-0.4, -0.2) is 17.8 Å². The molecule has 4 heteroatoms. The van der Waals surface area contributed by atoms with E-state index in [9.17, 15) is 9.46 Å². The first-order valence-electron chi connectivity index (χ1n) is 4.62. The quantitative estimate of drug-likeness (QED) is 0.602. The van der Waals surface area contributed by atoms with Crippen LogP contribution in [0.1, 0.15) is 13.3 Å². The monoisotopic (exact) mass is 214 g/mol. The van der Waals surface area contributed by atoms with Gasteiger partial charge in [0, 0.05) is 11.9 Å². The molecule has 1 aromatic carbocycles. The summed E-state index contributed by atoms with van der Waals surface area (Å²) in [4.78, 5) is 9.64. The lowest BCUT2D eigenvalue weighted by molar-refractivity contribution is 0.170. The third-order valence-electron chi connectivity index (χ3n) is 1.77. The zero-order chi connectivity index (χ0) is 10.4. The number of rotatable bonds is 5. The molecular weight excluding hydrogens is 199 g/mol. The Bertz CT molecular complexity index is 310. The zero-order valence-corrected chi connectivity index (χ0v) is 9.11. The van der Waals surface area contributed by atoms with E-state index >= 15 is 0 Å². The predicted octanol–water partition coefficient (Wildman–Crippen LogP) is 1.97. The smallest absolute Gasteiger partial charge is 0.254 e. The maximum atomic E-state index is 11.7. The van der Waals surface area contributed by atoms with E-state index in [1.807, 2.05) is 13.0 Å². The van der Waals surface area contributed by atoms with Crippen molar-refractivity contribution in [1.82, 2.24) is 0 Å². The molecule has 1 aromatic rings. The van der Waals surface area contributed by atoms with Gasteiger partial charge in [0.25, 0.3) is 7.37 Å². The third-order valence-corrected chi connectivity index (χ3v) is 3.41. The minimum Gasteiger partial charge on any atom is -0.371 e. The molecule has 0 spiro atoms. The van der Waals surface area contributed by atoms with E-state index in [1.54, 1.807) is 24.3 Å². The van der Waals surface area contributed by atoms with Crippen LogP contribution in [0.25, 0.3) is 0 Å². The lowest BCUT2D eigenvalue weighted by atomic mass is 10.4. The molecule has 0 aliphatic carbocycles. The molecule has 0 amide bonds. The Kier molecular flexibility index (Phi) is 4.33. The summed E-state index contributed by atoms with van der Waals surface area (Å²) in [6, 6.07) is 8.61. The van der Waals surface area contributed by atoms with Gasteiger partial charge in [-0.2, -0.15) is 0 Å². The highest BCUT2D eigenvalue weighted by molar-refractivity contribution is 7.65. The van der Waals surface area contributed by atoms with Crippen LogP contribution in [0.5, 0.6) is 0 Å². The average molecular weight is 214 g/mol. The summed E-state index contributed by atoms with van der Waals surface area (Å²) in [7, 11) is -3.30. The fraction of sp³-hybridized carbons (Fsp3) is 0.400. The van der Waals surface area contributed by atoms with E-state index in [0.29, 0.717) is 11.9 Å². The lowest BCUT2D eigenvalue weighted by Crippen LogP contribution is -2.09. The molecule has 0 saturated heterocycles. The highest BCUT2D eigenvalue weighted by Gasteiger charge is 2.20. The van der Waals surface area contributed by atoms with Crippen LogP contribution in [0.4, 0.5) is 0 Å². The van der Waals surface area contributed by atoms with E-state index in [1.165, 1.54) is 0 Å². The molecular formula is C10H15O3P. The Labute approximate surface area is 84.2 Å². The minimum atomic E-state index is -3.30. The summed E-state index contributed by atoms with van der Waals surface area (Å²) in [5.41, 5.74) is 0. The van der Waals surface area contributed by atoms with Crippen molar-refractivity contribution in [3.05, 3.63) is 30.3 Å². The van der Waals surface area contributed by atoms with E-state index in [2.05, 4.69) is 0 Å². The largest absolute Gasteiger partial charge is 0.371 e. The van der Waals surface area contributed by atoms with Crippen LogP contribution in [-0.2, 0) is 9.30 Å². The Hall–Kier alpha value is -0.630. The van der Waals surface area contributed by atoms with Crippen LogP contribution in [0, 0.1) is 0 Å². The maximum Gasteiger partial charge on any atom is 0.254 e. The Balaban J connectivity index is 2.62. The molecule has 78 valence electrons. The number of benzene rings is 1. The van der Waals surface area contributed by atoms with E-state index < -0.39 is 7.37 Å². The molecule has 14 heavy (non-hydrogen) atoms. The molecule has 0 heterocycles. The molecule has 0 saturated carbocycles. The summed E-state index contributed by atoms with van der Waals surface area (Å²) in [6.45, 7) is 2.49. The second kappa shape index (κ2) is 5.30. The molecule has 0 aromatic heterocycles. The fourth-order valence-electron chi connectivity index (χ4n) is 1.07. The molecule has 1 rings (SSSR count). The lowest BCUT2D eigenvalue weighted by Gasteiger charge is -2.11. The molecule has 1 N–H and O–H groups in total. The van der Waals surface area contributed by atoms with Crippen LogP contribution >= 0.6 is 7.37 Å². The van der Waals surface area contributed by atoms with Gasteiger partial charge in [-0.15, -0.1) is 0 Å². The van der Waals surface area contributed by atoms with Gasteiger partial charge in [0.2, 0.25) is 0 Å². The van der Waals surface area contributed by atoms with Gasteiger partial charge in [-0.1, -0.05) is 25.1 Å². The van der Waals surface area contributed by atoms with Gasteiger partial charge in [-0.05, 0) is 18.6 Å². The summed E-state index contributed by atoms with van der Waals surface area (Å²) in [5, 5.41) is 0.455. The van der Waals surface area contributed by atoms with Crippen molar-refractivity contribution in [2.24, 2.45) is 0 Å². The van der Waals surface area contributed by atoms with E-state index in [0.717, 1.165) is 6.42 Å². The van der Waals surface area contributed by atoms with Gasteiger partial charge >= 0.3 is 0 Å². The van der Waals surface area contributed by atoms with E-state index in [4.69, 9.17) is 4.74 Å².